The Bertz CT molecular complexity index is 848. The van der Waals surface area contributed by atoms with E-state index in [2.05, 4.69) is 10.1 Å². The fraction of sp³-hybridized carbons (Fsp3) is 0.286. The van der Waals surface area contributed by atoms with Crippen LogP contribution in [0, 0.1) is 0 Å². The lowest BCUT2D eigenvalue weighted by Crippen LogP contribution is -2.39. The highest BCUT2D eigenvalue weighted by molar-refractivity contribution is 5.79. The van der Waals surface area contributed by atoms with Gasteiger partial charge in [-0.3, -0.25) is 4.79 Å². The van der Waals surface area contributed by atoms with Gasteiger partial charge in [-0.2, -0.15) is 0 Å². The van der Waals surface area contributed by atoms with Gasteiger partial charge in [-0.05, 0) is 28.7 Å². The van der Waals surface area contributed by atoms with Crippen LogP contribution in [0.1, 0.15) is 29.9 Å². The van der Waals surface area contributed by atoms with Gasteiger partial charge >= 0.3 is 18.2 Å². The lowest BCUT2D eigenvalue weighted by molar-refractivity contribution is -0.137. The highest BCUT2D eigenvalue weighted by Crippen LogP contribution is 2.44. The van der Waals surface area contributed by atoms with Crippen molar-refractivity contribution in [3.05, 3.63) is 59.7 Å². The van der Waals surface area contributed by atoms with Gasteiger partial charge in [0.1, 0.15) is 13.2 Å². The number of benzene rings is 2. The van der Waals surface area contributed by atoms with Crippen LogP contribution in [0.15, 0.2) is 48.5 Å². The van der Waals surface area contributed by atoms with Gasteiger partial charge < -0.3 is 25.0 Å². The quantitative estimate of drug-likeness (QED) is 0.581. The molecule has 0 radical (unpaired) electrons. The normalized spacial score (nSPS) is 13.1. The molecule has 1 amide bonds. The molecule has 2 aromatic carbocycles. The van der Waals surface area contributed by atoms with E-state index in [4.69, 9.17) is 14.9 Å². The van der Waals surface area contributed by atoms with Gasteiger partial charge in [-0.1, -0.05) is 48.5 Å². The first kappa shape index (κ1) is 20.2. The molecule has 1 atom stereocenters. The van der Waals surface area contributed by atoms with E-state index in [1.807, 2.05) is 48.5 Å². The Morgan fingerprint density at radius 3 is 2.07 bits per heavy atom. The Morgan fingerprint density at radius 2 is 1.52 bits per heavy atom. The van der Waals surface area contributed by atoms with Gasteiger partial charge in [0.25, 0.3) is 0 Å². The van der Waals surface area contributed by atoms with E-state index >= 15 is 0 Å². The van der Waals surface area contributed by atoms with Crippen molar-refractivity contribution in [3.63, 3.8) is 0 Å². The number of carboxylic acid groups (broad SMARTS) is 2. The highest BCUT2D eigenvalue weighted by atomic mass is 16.7. The molecule has 0 heterocycles. The van der Waals surface area contributed by atoms with Crippen molar-refractivity contribution in [1.82, 2.24) is 5.32 Å². The fourth-order valence-electron chi connectivity index (χ4n) is 3.47. The number of hydrogen-bond donors (Lipinski definition) is 3. The Hall–Kier alpha value is -3.55. The maximum Gasteiger partial charge on any atom is 0.505 e. The third-order valence-electron chi connectivity index (χ3n) is 4.78. The molecule has 3 N–H and O–H groups in total. The van der Waals surface area contributed by atoms with E-state index in [-0.39, 0.29) is 32.0 Å². The zero-order valence-electron chi connectivity index (χ0n) is 15.5. The monoisotopic (exact) mass is 399 g/mol. The van der Waals surface area contributed by atoms with Crippen LogP contribution < -0.4 is 5.32 Å². The third-order valence-corrected chi connectivity index (χ3v) is 4.78. The number of aliphatic carboxylic acids is 1. The molecule has 2 aromatic rings. The summed E-state index contributed by atoms with van der Waals surface area (Å²) in [6, 6.07) is 15.0. The summed E-state index contributed by atoms with van der Waals surface area (Å²) in [5, 5.41) is 19.9. The molecule has 0 bridgehead atoms. The number of carboxylic acids is 1. The second-order valence-corrected chi connectivity index (χ2v) is 6.68. The number of carbonyl (C=O) groups excluding carboxylic acids is 1. The summed E-state index contributed by atoms with van der Waals surface area (Å²) in [5.41, 5.74) is 4.34. The van der Waals surface area contributed by atoms with Crippen molar-refractivity contribution in [3.8, 4) is 11.1 Å². The third kappa shape index (κ3) is 5.04. The number of rotatable bonds is 8. The molecule has 0 saturated heterocycles. The summed E-state index contributed by atoms with van der Waals surface area (Å²) >= 11 is 0. The Balaban J connectivity index is 1.63. The van der Waals surface area contributed by atoms with E-state index in [1.165, 1.54) is 0 Å². The minimum atomic E-state index is -1.50. The van der Waals surface area contributed by atoms with E-state index in [0.717, 1.165) is 22.3 Å². The van der Waals surface area contributed by atoms with E-state index in [9.17, 15) is 14.4 Å². The average molecular weight is 399 g/mol. The van der Waals surface area contributed by atoms with Gasteiger partial charge in [-0.15, -0.1) is 0 Å². The molecule has 0 fully saturated rings. The standard InChI is InChI=1S/C21H21NO7/c23-19(24)10-9-13(11-29-21(26)27)22-20(25)28-12-18-16-7-3-1-5-14(16)15-6-2-4-8-17(15)18/h1-8,13,18H,9-12H2,(H,22,25)(H,23,24)(H,26,27). The SMILES string of the molecule is O=C(O)CCC(COC(=O)O)NC(=O)OCC1c2ccccc2-c2ccccc21. The van der Waals surface area contributed by atoms with Crippen LogP contribution in [0.25, 0.3) is 11.1 Å². The molecule has 1 unspecified atom stereocenters. The summed E-state index contributed by atoms with van der Waals surface area (Å²) in [7, 11) is 0. The predicted molar refractivity (Wildman–Crippen MR) is 103 cm³/mol. The molecule has 3 rings (SSSR count). The highest BCUT2D eigenvalue weighted by Gasteiger charge is 2.29. The van der Waals surface area contributed by atoms with Crippen molar-refractivity contribution in [2.75, 3.05) is 13.2 Å². The van der Waals surface area contributed by atoms with E-state index < -0.39 is 24.3 Å². The van der Waals surface area contributed by atoms with Crippen molar-refractivity contribution < 1.29 is 34.1 Å². The molecule has 0 aromatic heterocycles. The summed E-state index contributed by atoms with van der Waals surface area (Å²) < 4.78 is 9.84. The first-order chi connectivity index (χ1) is 14.0. The summed E-state index contributed by atoms with van der Waals surface area (Å²) in [6.07, 6.45) is -2.47. The lowest BCUT2D eigenvalue weighted by Gasteiger charge is -2.19. The lowest BCUT2D eigenvalue weighted by atomic mass is 9.98. The molecular formula is C21H21NO7. The minimum Gasteiger partial charge on any atom is -0.481 e. The van der Waals surface area contributed by atoms with Gasteiger partial charge in [0.05, 0.1) is 6.04 Å². The molecular weight excluding hydrogens is 378 g/mol. The van der Waals surface area contributed by atoms with Crippen LogP contribution in [0.5, 0.6) is 0 Å². The topological polar surface area (TPSA) is 122 Å². The summed E-state index contributed by atoms with van der Waals surface area (Å²) in [6.45, 7) is -0.252. The zero-order chi connectivity index (χ0) is 20.8. The number of carbonyl (C=O) groups is 3. The zero-order valence-corrected chi connectivity index (χ0v) is 15.5. The molecule has 1 aliphatic rings. The maximum absolute atomic E-state index is 12.2. The Kier molecular flexibility index (Phi) is 6.33. The number of fused-ring (bicyclic) bond motifs is 3. The van der Waals surface area contributed by atoms with Crippen LogP contribution >= 0.6 is 0 Å². The molecule has 0 aliphatic heterocycles. The molecule has 0 saturated carbocycles. The van der Waals surface area contributed by atoms with Gasteiger partial charge in [0.15, 0.2) is 0 Å². The van der Waals surface area contributed by atoms with Crippen molar-refractivity contribution >= 4 is 18.2 Å². The Labute approximate surface area is 167 Å². The van der Waals surface area contributed by atoms with Crippen LogP contribution in [0.4, 0.5) is 9.59 Å². The second-order valence-electron chi connectivity index (χ2n) is 6.68. The van der Waals surface area contributed by atoms with Crippen LogP contribution in [0.3, 0.4) is 0 Å². The number of nitrogens with one attached hydrogen (secondary N) is 1. The molecule has 29 heavy (non-hydrogen) atoms. The number of ether oxygens (including phenoxy) is 2. The van der Waals surface area contributed by atoms with E-state index in [0.29, 0.717) is 0 Å². The van der Waals surface area contributed by atoms with Crippen LogP contribution in [0.2, 0.25) is 0 Å². The predicted octanol–water partition coefficient (Wildman–Crippen LogP) is 3.45. The van der Waals surface area contributed by atoms with E-state index in [1.54, 1.807) is 0 Å². The van der Waals surface area contributed by atoms with Gasteiger partial charge in [0.2, 0.25) is 0 Å². The number of alkyl carbamates (subject to hydrolysis) is 1. The minimum absolute atomic E-state index is 0.0206. The molecule has 8 heteroatoms. The number of amides is 1. The number of hydrogen-bond acceptors (Lipinski definition) is 5. The van der Waals surface area contributed by atoms with Crippen LogP contribution in [-0.4, -0.2) is 47.7 Å². The van der Waals surface area contributed by atoms with Gasteiger partial charge in [-0.25, -0.2) is 9.59 Å². The van der Waals surface area contributed by atoms with Crippen molar-refractivity contribution in [2.24, 2.45) is 0 Å². The summed E-state index contributed by atoms with van der Waals surface area (Å²) in [5.74, 6) is -1.17. The first-order valence-corrected chi connectivity index (χ1v) is 9.14. The maximum atomic E-state index is 12.2. The van der Waals surface area contributed by atoms with Crippen molar-refractivity contribution in [2.45, 2.75) is 24.8 Å². The summed E-state index contributed by atoms with van der Waals surface area (Å²) in [4.78, 5) is 33.6. The fourth-order valence-corrected chi connectivity index (χ4v) is 3.47. The second kappa shape index (κ2) is 9.09. The smallest absolute Gasteiger partial charge is 0.481 e. The molecule has 1 aliphatic carbocycles. The van der Waals surface area contributed by atoms with Crippen molar-refractivity contribution in [1.29, 1.82) is 0 Å². The average Bonchev–Trinajstić information content (AvgIpc) is 3.02. The first-order valence-electron chi connectivity index (χ1n) is 9.14. The molecule has 152 valence electrons. The Morgan fingerprint density at radius 1 is 0.931 bits per heavy atom. The van der Waals surface area contributed by atoms with Gasteiger partial charge in [0, 0.05) is 12.3 Å². The molecule has 8 nitrogen and oxygen atoms in total. The van der Waals surface area contributed by atoms with Crippen LogP contribution in [-0.2, 0) is 14.3 Å². The molecule has 0 spiro atoms. The largest absolute Gasteiger partial charge is 0.505 e.